The lowest BCUT2D eigenvalue weighted by atomic mass is 10.1. The van der Waals surface area contributed by atoms with Crippen molar-refractivity contribution in [3.63, 3.8) is 0 Å². The third-order valence-corrected chi connectivity index (χ3v) is 2.77. The number of carbonyl (C=O) groups is 1. The molecule has 0 saturated carbocycles. The predicted octanol–water partition coefficient (Wildman–Crippen LogP) is 2.19. The van der Waals surface area contributed by atoms with Gasteiger partial charge in [0.2, 0.25) is 0 Å². The number of esters is 1. The van der Waals surface area contributed by atoms with Gasteiger partial charge in [-0.25, -0.2) is 4.79 Å². The molecule has 2 rings (SSSR count). The first-order valence-corrected chi connectivity index (χ1v) is 5.94. The van der Waals surface area contributed by atoms with E-state index in [0.717, 1.165) is 11.3 Å². The normalized spacial score (nSPS) is 10.3. The maximum Gasteiger partial charge on any atom is 0.341 e. The largest absolute Gasteiger partial charge is 0.462 e. The quantitative estimate of drug-likeness (QED) is 0.774. The van der Waals surface area contributed by atoms with Crippen LogP contribution < -0.4 is 0 Å². The average molecular weight is 244 g/mol. The van der Waals surface area contributed by atoms with Crippen LogP contribution in [0, 0.1) is 0 Å². The molecule has 0 unspecified atom stereocenters. The van der Waals surface area contributed by atoms with Gasteiger partial charge in [0.25, 0.3) is 0 Å². The molecular formula is C14H16N2O2. The van der Waals surface area contributed by atoms with Gasteiger partial charge in [-0.3, -0.25) is 4.68 Å². The van der Waals surface area contributed by atoms with E-state index in [0.29, 0.717) is 18.6 Å². The van der Waals surface area contributed by atoms with Crippen molar-refractivity contribution in [1.82, 2.24) is 9.78 Å². The molecule has 2 aromatic rings. The van der Waals surface area contributed by atoms with Crippen molar-refractivity contribution < 1.29 is 9.53 Å². The molecule has 0 spiro atoms. The van der Waals surface area contributed by atoms with Crippen molar-refractivity contribution in [2.45, 2.75) is 13.3 Å². The Morgan fingerprint density at radius 2 is 2.06 bits per heavy atom. The topological polar surface area (TPSA) is 44.1 Å². The molecule has 0 atom stereocenters. The van der Waals surface area contributed by atoms with Gasteiger partial charge in [-0.15, -0.1) is 0 Å². The maximum absolute atomic E-state index is 11.8. The molecule has 1 heterocycles. The Bertz CT molecular complexity index is 532. The van der Waals surface area contributed by atoms with Crippen molar-refractivity contribution in [1.29, 1.82) is 0 Å². The summed E-state index contributed by atoms with van der Waals surface area (Å²) in [6.07, 6.45) is 2.24. The lowest BCUT2D eigenvalue weighted by Crippen LogP contribution is -2.09. The van der Waals surface area contributed by atoms with Crippen molar-refractivity contribution in [3.05, 3.63) is 53.3 Å². The predicted molar refractivity (Wildman–Crippen MR) is 68.4 cm³/mol. The first-order valence-electron chi connectivity index (χ1n) is 5.94. The van der Waals surface area contributed by atoms with E-state index in [4.69, 9.17) is 4.74 Å². The van der Waals surface area contributed by atoms with Gasteiger partial charge < -0.3 is 4.74 Å². The van der Waals surface area contributed by atoms with Crippen molar-refractivity contribution in [3.8, 4) is 0 Å². The van der Waals surface area contributed by atoms with Gasteiger partial charge in [0, 0.05) is 13.5 Å². The van der Waals surface area contributed by atoms with Crippen LogP contribution >= 0.6 is 0 Å². The minimum absolute atomic E-state index is 0.309. The number of aromatic nitrogens is 2. The third-order valence-electron chi connectivity index (χ3n) is 2.77. The number of nitrogens with zero attached hydrogens (tertiary/aromatic N) is 2. The SMILES string of the molecule is CCOC(=O)c1cnn(C)c1Cc1ccccc1. The summed E-state index contributed by atoms with van der Waals surface area (Å²) < 4.78 is 6.75. The Balaban J connectivity index is 2.27. The summed E-state index contributed by atoms with van der Waals surface area (Å²) in [7, 11) is 1.83. The zero-order valence-electron chi connectivity index (χ0n) is 10.6. The van der Waals surface area contributed by atoms with Gasteiger partial charge in [-0.1, -0.05) is 30.3 Å². The van der Waals surface area contributed by atoms with Gasteiger partial charge in [0.15, 0.2) is 0 Å². The highest BCUT2D eigenvalue weighted by atomic mass is 16.5. The molecule has 0 aliphatic heterocycles. The zero-order chi connectivity index (χ0) is 13.0. The van der Waals surface area contributed by atoms with Gasteiger partial charge in [0.1, 0.15) is 5.56 Å². The Labute approximate surface area is 106 Å². The zero-order valence-corrected chi connectivity index (χ0v) is 10.6. The molecule has 1 aromatic heterocycles. The van der Waals surface area contributed by atoms with Crippen LogP contribution in [0.15, 0.2) is 36.5 Å². The molecule has 94 valence electrons. The lowest BCUT2D eigenvalue weighted by Gasteiger charge is -2.06. The molecule has 4 nitrogen and oxygen atoms in total. The number of carbonyl (C=O) groups excluding carboxylic acids is 1. The summed E-state index contributed by atoms with van der Waals surface area (Å²) in [5.74, 6) is -0.309. The molecule has 0 radical (unpaired) electrons. The lowest BCUT2D eigenvalue weighted by molar-refractivity contribution is 0.0525. The van der Waals surface area contributed by atoms with Crippen LogP contribution in [0.1, 0.15) is 28.5 Å². The second-order valence-corrected chi connectivity index (χ2v) is 4.01. The van der Waals surface area contributed by atoms with Gasteiger partial charge in [-0.2, -0.15) is 5.10 Å². The minimum Gasteiger partial charge on any atom is -0.462 e. The minimum atomic E-state index is -0.309. The summed E-state index contributed by atoms with van der Waals surface area (Å²) in [5.41, 5.74) is 2.56. The summed E-state index contributed by atoms with van der Waals surface area (Å²) >= 11 is 0. The summed E-state index contributed by atoms with van der Waals surface area (Å²) in [4.78, 5) is 11.8. The van der Waals surface area contributed by atoms with Crippen LogP contribution in [-0.2, 0) is 18.2 Å². The second-order valence-electron chi connectivity index (χ2n) is 4.01. The summed E-state index contributed by atoms with van der Waals surface area (Å²) in [5, 5.41) is 4.13. The van der Waals surface area contributed by atoms with Crippen LogP contribution in [0.3, 0.4) is 0 Å². The molecule has 1 aromatic carbocycles. The van der Waals surface area contributed by atoms with Gasteiger partial charge in [-0.05, 0) is 12.5 Å². The van der Waals surface area contributed by atoms with Crippen LogP contribution in [0.25, 0.3) is 0 Å². The third kappa shape index (κ3) is 2.59. The van der Waals surface area contributed by atoms with E-state index in [1.54, 1.807) is 17.8 Å². The van der Waals surface area contributed by atoms with E-state index in [-0.39, 0.29) is 5.97 Å². The summed E-state index contributed by atoms with van der Waals surface area (Å²) in [6, 6.07) is 9.99. The molecule has 0 amide bonds. The van der Waals surface area contributed by atoms with E-state index in [2.05, 4.69) is 5.10 Å². The molecular weight excluding hydrogens is 228 g/mol. The number of benzene rings is 1. The highest BCUT2D eigenvalue weighted by molar-refractivity contribution is 5.90. The number of rotatable bonds is 4. The van der Waals surface area contributed by atoms with E-state index < -0.39 is 0 Å². The van der Waals surface area contributed by atoms with E-state index in [1.165, 1.54) is 0 Å². The molecule has 0 N–H and O–H groups in total. The molecule has 0 fully saturated rings. The number of hydrogen-bond acceptors (Lipinski definition) is 3. The first kappa shape index (κ1) is 12.4. The van der Waals surface area contributed by atoms with E-state index in [9.17, 15) is 4.79 Å². The molecule has 0 aliphatic rings. The second kappa shape index (κ2) is 5.49. The standard InChI is InChI=1S/C14H16N2O2/c1-3-18-14(17)12-10-15-16(2)13(12)9-11-7-5-4-6-8-11/h4-8,10H,3,9H2,1-2H3. The van der Waals surface area contributed by atoms with Crippen LogP contribution in [-0.4, -0.2) is 22.4 Å². The van der Waals surface area contributed by atoms with E-state index in [1.807, 2.05) is 37.4 Å². The van der Waals surface area contributed by atoms with E-state index >= 15 is 0 Å². The fourth-order valence-electron chi connectivity index (χ4n) is 1.84. The van der Waals surface area contributed by atoms with Gasteiger partial charge >= 0.3 is 5.97 Å². The Kier molecular flexibility index (Phi) is 3.77. The highest BCUT2D eigenvalue weighted by Crippen LogP contribution is 2.14. The van der Waals surface area contributed by atoms with Crippen molar-refractivity contribution in [2.75, 3.05) is 6.61 Å². The fraction of sp³-hybridized carbons (Fsp3) is 0.286. The molecule has 18 heavy (non-hydrogen) atoms. The molecule has 0 aliphatic carbocycles. The molecule has 4 heteroatoms. The Morgan fingerprint density at radius 3 is 2.72 bits per heavy atom. The maximum atomic E-state index is 11.8. The Morgan fingerprint density at radius 1 is 1.33 bits per heavy atom. The van der Waals surface area contributed by atoms with Gasteiger partial charge in [0.05, 0.1) is 18.5 Å². The van der Waals surface area contributed by atoms with Crippen LogP contribution in [0.4, 0.5) is 0 Å². The summed E-state index contributed by atoms with van der Waals surface area (Å²) in [6.45, 7) is 2.17. The first-order chi connectivity index (χ1) is 8.72. The van der Waals surface area contributed by atoms with Crippen molar-refractivity contribution >= 4 is 5.97 Å². The Hall–Kier alpha value is -2.10. The van der Waals surface area contributed by atoms with Crippen molar-refractivity contribution in [2.24, 2.45) is 7.05 Å². The highest BCUT2D eigenvalue weighted by Gasteiger charge is 2.17. The van der Waals surface area contributed by atoms with Crippen LogP contribution in [0.2, 0.25) is 0 Å². The number of hydrogen-bond donors (Lipinski definition) is 0. The van der Waals surface area contributed by atoms with Crippen LogP contribution in [0.5, 0.6) is 0 Å². The molecule has 0 bridgehead atoms. The monoisotopic (exact) mass is 244 g/mol. The fourth-order valence-corrected chi connectivity index (χ4v) is 1.84. The number of ether oxygens (including phenoxy) is 1. The number of aryl methyl sites for hydroxylation is 1. The average Bonchev–Trinajstić information content (AvgIpc) is 2.73. The molecule has 0 saturated heterocycles. The smallest absolute Gasteiger partial charge is 0.341 e.